The van der Waals surface area contributed by atoms with E-state index in [1.807, 2.05) is 36.3 Å². The van der Waals surface area contributed by atoms with Crippen LogP contribution in [-0.4, -0.2) is 47.9 Å². The molecule has 1 atom stereocenters. The first-order chi connectivity index (χ1) is 10.5. The number of nitrogens with one attached hydrogen (secondary N) is 1. The van der Waals surface area contributed by atoms with Gasteiger partial charge in [0.05, 0.1) is 23.5 Å². The predicted octanol–water partition coefficient (Wildman–Crippen LogP) is 1.40. The molecule has 5 nitrogen and oxygen atoms in total. The van der Waals surface area contributed by atoms with Gasteiger partial charge in [-0.1, -0.05) is 0 Å². The number of carbonyl (C=O) groups excluding carboxylic acids is 1. The smallest absolute Gasteiger partial charge is 0.222 e. The summed E-state index contributed by atoms with van der Waals surface area (Å²) >= 11 is 1.93. The van der Waals surface area contributed by atoms with Crippen molar-refractivity contribution in [1.29, 1.82) is 0 Å². The lowest BCUT2D eigenvalue weighted by Crippen LogP contribution is -2.44. The normalized spacial score (nSPS) is 26.6. The summed E-state index contributed by atoms with van der Waals surface area (Å²) in [6.45, 7) is 0. The van der Waals surface area contributed by atoms with Crippen LogP contribution in [0.1, 0.15) is 25.7 Å². The molecule has 1 aromatic heterocycles. The summed E-state index contributed by atoms with van der Waals surface area (Å²) in [4.78, 5) is 12.5. The van der Waals surface area contributed by atoms with E-state index >= 15 is 0 Å². The van der Waals surface area contributed by atoms with E-state index in [9.17, 15) is 13.2 Å². The second kappa shape index (κ2) is 6.28. The maximum atomic E-state index is 12.5. The van der Waals surface area contributed by atoms with E-state index in [2.05, 4.69) is 9.88 Å². The molecule has 2 aliphatic rings. The molecule has 122 valence electrons. The van der Waals surface area contributed by atoms with Crippen molar-refractivity contribution in [2.45, 2.75) is 37.3 Å². The molecule has 0 aliphatic carbocycles. The SMILES string of the molecule is O=C(CC1(n2cccc2)CCSCC1)NC1CCS(=O)(=O)C1. The molecule has 0 spiro atoms. The number of nitrogens with zero attached hydrogens (tertiary/aromatic N) is 1. The largest absolute Gasteiger partial charge is 0.352 e. The van der Waals surface area contributed by atoms with Crippen LogP contribution in [0.15, 0.2) is 24.5 Å². The molecule has 2 saturated heterocycles. The van der Waals surface area contributed by atoms with Crippen LogP contribution in [-0.2, 0) is 20.2 Å². The zero-order chi connectivity index (χ0) is 15.6. The molecule has 2 aliphatic heterocycles. The van der Waals surface area contributed by atoms with E-state index in [0.29, 0.717) is 12.8 Å². The van der Waals surface area contributed by atoms with E-state index in [1.165, 1.54) is 0 Å². The molecular formula is C15H22N2O3S2. The Hall–Kier alpha value is -0.950. The van der Waals surface area contributed by atoms with Gasteiger partial charge in [-0.15, -0.1) is 0 Å². The maximum Gasteiger partial charge on any atom is 0.222 e. The van der Waals surface area contributed by atoms with Gasteiger partial charge in [0.25, 0.3) is 0 Å². The Bertz CT molecular complexity index is 619. The summed E-state index contributed by atoms with van der Waals surface area (Å²) in [6.07, 6.45) is 6.98. The van der Waals surface area contributed by atoms with E-state index < -0.39 is 9.84 Å². The molecule has 0 aromatic carbocycles. The Morgan fingerprint density at radius 3 is 2.55 bits per heavy atom. The molecule has 22 heavy (non-hydrogen) atoms. The summed E-state index contributed by atoms with van der Waals surface area (Å²) in [7, 11) is -2.96. The van der Waals surface area contributed by atoms with Gasteiger partial charge in [0.1, 0.15) is 0 Å². The lowest BCUT2D eigenvalue weighted by molar-refractivity contribution is -0.123. The first-order valence-corrected chi connectivity index (χ1v) is 10.7. The average Bonchev–Trinajstić information content (AvgIpc) is 3.10. The number of aromatic nitrogens is 1. The molecule has 2 fully saturated rings. The van der Waals surface area contributed by atoms with Crippen LogP contribution < -0.4 is 5.32 Å². The Kier molecular flexibility index (Phi) is 4.54. The summed E-state index contributed by atoms with van der Waals surface area (Å²) < 4.78 is 25.2. The van der Waals surface area contributed by atoms with Gasteiger partial charge >= 0.3 is 0 Å². The summed E-state index contributed by atoms with van der Waals surface area (Å²) in [6, 6.07) is 3.77. The minimum Gasteiger partial charge on any atom is -0.352 e. The van der Waals surface area contributed by atoms with Crippen molar-refractivity contribution in [2.75, 3.05) is 23.0 Å². The van der Waals surface area contributed by atoms with Crippen molar-refractivity contribution in [1.82, 2.24) is 9.88 Å². The number of sulfone groups is 1. The topological polar surface area (TPSA) is 68.2 Å². The van der Waals surface area contributed by atoms with Crippen LogP contribution in [0, 0.1) is 0 Å². The predicted molar refractivity (Wildman–Crippen MR) is 88.8 cm³/mol. The van der Waals surface area contributed by atoms with Crippen molar-refractivity contribution in [2.24, 2.45) is 0 Å². The van der Waals surface area contributed by atoms with Crippen LogP contribution in [0.5, 0.6) is 0 Å². The zero-order valence-corrected chi connectivity index (χ0v) is 14.2. The van der Waals surface area contributed by atoms with Crippen molar-refractivity contribution in [3.63, 3.8) is 0 Å². The van der Waals surface area contributed by atoms with E-state index in [1.54, 1.807) is 0 Å². The standard InChI is InChI=1S/C15H22N2O3S2/c18-14(16-13-3-10-22(19,20)12-13)11-15(4-8-21-9-5-15)17-6-1-2-7-17/h1-2,6-7,13H,3-5,8-12H2,(H,16,18). The van der Waals surface area contributed by atoms with Gasteiger partial charge in [-0.3, -0.25) is 4.79 Å². The fourth-order valence-electron chi connectivity index (χ4n) is 3.41. The second-order valence-corrected chi connectivity index (χ2v) is 9.72. The Morgan fingerprint density at radius 2 is 1.95 bits per heavy atom. The van der Waals surface area contributed by atoms with Gasteiger partial charge < -0.3 is 9.88 Å². The fraction of sp³-hybridized carbons (Fsp3) is 0.667. The van der Waals surface area contributed by atoms with Gasteiger partial charge in [0, 0.05) is 18.4 Å². The third-order valence-electron chi connectivity index (χ3n) is 4.66. The average molecular weight is 342 g/mol. The highest BCUT2D eigenvalue weighted by Gasteiger charge is 2.37. The van der Waals surface area contributed by atoms with E-state index in [4.69, 9.17) is 0 Å². The molecule has 1 amide bonds. The molecule has 0 bridgehead atoms. The maximum absolute atomic E-state index is 12.5. The van der Waals surface area contributed by atoms with Crippen molar-refractivity contribution in [3.05, 3.63) is 24.5 Å². The van der Waals surface area contributed by atoms with Crippen LogP contribution >= 0.6 is 11.8 Å². The van der Waals surface area contributed by atoms with Crippen LogP contribution in [0.4, 0.5) is 0 Å². The number of thioether (sulfide) groups is 1. The highest BCUT2D eigenvalue weighted by Crippen LogP contribution is 2.36. The van der Waals surface area contributed by atoms with Gasteiger partial charge in [-0.05, 0) is 42.9 Å². The van der Waals surface area contributed by atoms with Crippen molar-refractivity contribution in [3.8, 4) is 0 Å². The number of amides is 1. The van der Waals surface area contributed by atoms with Gasteiger partial charge in [-0.25, -0.2) is 8.42 Å². The molecule has 0 saturated carbocycles. The zero-order valence-electron chi connectivity index (χ0n) is 12.5. The first-order valence-electron chi connectivity index (χ1n) is 7.70. The molecule has 1 unspecified atom stereocenters. The first kappa shape index (κ1) is 15.9. The van der Waals surface area contributed by atoms with Gasteiger partial charge in [0.15, 0.2) is 9.84 Å². The van der Waals surface area contributed by atoms with E-state index in [-0.39, 0.29) is 29.0 Å². The minimum absolute atomic E-state index is 0.0253. The highest BCUT2D eigenvalue weighted by molar-refractivity contribution is 7.99. The Labute approximate surface area is 135 Å². The highest BCUT2D eigenvalue weighted by atomic mass is 32.2. The third kappa shape index (κ3) is 3.51. The fourth-order valence-corrected chi connectivity index (χ4v) is 6.34. The summed E-state index contributed by atoms with van der Waals surface area (Å²) in [5, 5.41) is 2.93. The summed E-state index contributed by atoms with van der Waals surface area (Å²) in [5.74, 6) is 2.37. The molecule has 3 heterocycles. The lowest BCUT2D eigenvalue weighted by atomic mass is 9.87. The number of carbonyl (C=O) groups is 1. The quantitative estimate of drug-likeness (QED) is 0.898. The third-order valence-corrected chi connectivity index (χ3v) is 7.42. The van der Waals surface area contributed by atoms with Gasteiger partial charge in [-0.2, -0.15) is 11.8 Å². The molecule has 3 rings (SSSR count). The number of hydrogen-bond donors (Lipinski definition) is 1. The number of rotatable bonds is 4. The monoisotopic (exact) mass is 342 g/mol. The lowest BCUT2D eigenvalue weighted by Gasteiger charge is -2.38. The van der Waals surface area contributed by atoms with Crippen molar-refractivity contribution >= 4 is 27.5 Å². The number of hydrogen-bond acceptors (Lipinski definition) is 4. The Morgan fingerprint density at radius 1 is 1.27 bits per heavy atom. The molecule has 1 N–H and O–H groups in total. The molecule has 1 aromatic rings. The second-order valence-electron chi connectivity index (χ2n) is 6.27. The molecular weight excluding hydrogens is 320 g/mol. The van der Waals surface area contributed by atoms with Crippen LogP contribution in [0.2, 0.25) is 0 Å². The van der Waals surface area contributed by atoms with Crippen molar-refractivity contribution < 1.29 is 13.2 Å². The van der Waals surface area contributed by atoms with Gasteiger partial charge in [0.2, 0.25) is 5.91 Å². The summed E-state index contributed by atoms with van der Waals surface area (Å²) in [5.41, 5.74) is -0.156. The van der Waals surface area contributed by atoms with Crippen LogP contribution in [0.25, 0.3) is 0 Å². The molecule has 7 heteroatoms. The minimum atomic E-state index is -2.96. The Balaban J connectivity index is 1.67. The van der Waals surface area contributed by atoms with E-state index in [0.717, 1.165) is 24.3 Å². The van der Waals surface area contributed by atoms with Crippen LogP contribution in [0.3, 0.4) is 0 Å². The molecule has 0 radical (unpaired) electrons.